The molecule has 0 amide bonds. The van der Waals surface area contributed by atoms with Crippen molar-refractivity contribution in [3.63, 3.8) is 0 Å². The Labute approximate surface area is 98.2 Å². The van der Waals surface area contributed by atoms with E-state index in [-0.39, 0.29) is 0 Å². The van der Waals surface area contributed by atoms with E-state index in [1.165, 1.54) is 5.56 Å². The van der Waals surface area contributed by atoms with Gasteiger partial charge in [0.05, 0.1) is 7.11 Å². The summed E-state index contributed by atoms with van der Waals surface area (Å²) in [6.45, 7) is 7.63. The highest BCUT2D eigenvalue weighted by atomic mass is 16.5. The first-order chi connectivity index (χ1) is 7.67. The van der Waals surface area contributed by atoms with Crippen LogP contribution in [0.2, 0.25) is 0 Å². The van der Waals surface area contributed by atoms with E-state index in [9.17, 15) is 0 Å². The van der Waals surface area contributed by atoms with E-state index in [0.29, 0.717) is 17.8 Å². The van der Waals surface area contributed by atoms with Crippen molar-refractivity contribution in [2.75, 3.05) is 13.7 Å². The smallest absolute Gasteiger partial charge is 0.213 e. The monoisotopic (exact) mass is 222 g/mol. The zero-order chi connectivity index (χ0) is 12.0. The van der Waals surface area contributed by atoms with Gasteiger partial charge in [0, 0.05) is 18.3 Å². The first-order valence-corrected chi connectivity index (χ1v) is 5.89. The molecule has 3 nitrogen and oxygen atoms in total. The fourth-order valence-electron chi connectivity index (χ4n) is 1.75. The second kappa shape index (κ2) is 6.48. The van der Waals surface area contributed by atoms with Crippen LogP contribution in [0.5, 0.6) is 5.88 Å². The Morgan fingerprint density at radius 3 is 2.75 bits per heavy atom. The molecule has 0 aliphatic heterocycles. The number of rotatable bonds is 6. The molecule has 0 radical (unpaired) electrons. The van der Waals surface area contributed by atoms with Gasteiger partial charge >= 0.3 is 0 Å². The van der Waals surface area contributed by atoms with Gasteiger partial charge in [0.2, 0.25) is 5.88 Å². The highest BCUT2D eigenvalue weighted by Crippen LogP contribution is 2.13. The highest BCUT2D eigenvalue weighted by Gasteiger charge is 2.12. The molecule has 1 heterocycles. The van der Waals surface area contributed by atoms with Crippen LogP contribution < -0.4 is 10.1 Å². The molecule has 0 fully saturated rings. The SMILES string of the molecule is CCNC(Cc1ccnc(OC)c1)C(C)C. The molecule has 1 atom stereocenters. The molecule has 90 valence electrons. The highest BCUT2D eigenvalue weighted by molar-refractivity contribution is 5.21. The molecular formula is C13H22N2O. The molecule has 1 aromatic heterocycles. The molecule has 0 aliphatic rings. The lowest BCUT2D eigenvalue weighted by atomic mass is 9.97. The van der Waals surface area contributed by atoms with Crippen molar-refractivity contribution >= 4 is 0 Å². The average molecular weight is 222 g/mol. The van der Waals surface area contributed by atoms with Crippen LogP contribution in [-0.4, -0.2) is 24.7 Å². The minimum Gasteiger partial charge on any atom is -0.481 e. The molecule has 1 aromatic rings. The van der Waals surface area contributed by atoms with Crippen LogP contribution in [0.3, 0.4) is 0 Å². The van der Waals surface area contributed by atoms with E-state index in [1.807, 2.05) is 6.07 Å². The third-order valence-electron chi connectivity index (χ3n) is 2.74. The molecular weight excluding hydrogens is 200 g/mol. The summed E-state index contributed by atoms with van der Waals surface area (Å²) in [4.78, 5) is 4.11. The van der Waals surface area contributed by atoms with Gasteiger partial charge in [-0.05, 0) is 30.5 Å². The zero-order valence-electron chi connectivity index (χ0n) is 10.7. The summed E-state index contributed by atoms with van der Waals surface area (Å²) in [5.74, 6) is 1.32. The molecule has 3 heteroatoms. The van der Waals surface area contributed by atoms with Gasteiger partial charge in [0.1, 0.15) is 0 Å². The summed E-state index contributed by atoms with van der Waals surface area (Å²) in [5, 5.41) is 3.51. The second-order valence-electron chi connectivity index (χ2n) is 4.32. The molecule has 1 unspecified atom stereocenters. The number of nitrogens with one attached hydrogen (secondary N) is 1. The van der Waals surface area contributed by atoms with Crippen molar-refractivity contribution in [3.05, 3.63) is 23.9 Å². The van der Waals surface area contributed by atoms with Gasteiger partial charge in [-0.3, -0.25) is 0 Å². The van der Waals surface area contributed by atoms with Gasteiger partial charge in [-0.2, -0.15) is 0 Å². The molecule has 0 aliphatic carbocycles. The lowest BCUT2D eigenvalue weighted by molar-refractivity contribution is 0.391. The predicted molar refractivity (Wildman–Crippen MR) is 66.8 cm³/mol. The van der Waals surface area contributed by atoms with E-state index in [4.69, 9.17) is 4.74 Å². The quantitative estimate of drug-likeness (QED) is 0.801. The maximum absolute atomic E-state index is 5.13. The Morgan fingerprint density at radius 2 is 2.19 bits per heavy atom. The Kier molecular flexibility index (Phi) is 5.26. The summed E-state index contributed by atoms with van der Waals surface area (Å²) in [6.07, 6.45) is 2.82. The van der Waals surface area contributed by atoms with Crippen molar-refractivity contribution in [1.82, 2.24) is 10.3 Å². The lowest BCUT2D eigenvalue weighted by Gasteiger charge is -2.21. The topological polar surface area (TPSA) is 34.2 Å². The molecule has 1 N–H and O–H groups in total. The normalized spacial score (nSPS) is 12.8. The Balaban J connectivity index is 2.68. The second-order valence-corrected chi connectivity index (χ2v) is 4.32. The number of aromatic nitrogens is 1. The first kappa shape index (κ1) is 13.0. The van der Waals surface area contributed by atoms with Crippen molar-refractivity contribution in [2.45, 2.75) is 33.2 Å². The third kappa shape index (κ3) is 3.81. The summed E-state index contributed by atoms with van der Waals surface area (Å²) >= 11 is 0. The summed E-state index contributed by atoms with van der Waals surface area (Å²) in [7, 11) is 1.65. The average Bonchev–Trinajstić information content (AvgIpc) is 2.28. The minimum atomic E-state index is 0.511. The molecule has 0 saturated carbocycles. The van der Waals surface area contributed by atoms with Gasteiger partial charge in [-0.15, -0.1) is 0 Å². The molecule has 0 spiro atoms. The number of pyridine rings is 1. The van der Waals surface area contributed by atoms with E-state index >= 15 is 0 Å². The number of methoxy groups -OCH3 is 1. The van der Waals surface area contributed by atoms with E-state index in [1.54, 1.807) is 13.3 Å². The largest absolute Gasteiger partial charge is 0.481 e. The number of likely N-dealkylation sites (N-methyl/N-ethyl adjacent to an activating group) is 1. The minimum absolute atomic E-state index is 0.511. The van der Waals surface area contributed by atoms with Gasteiger partial charge in [-0.1, -0.05) is 20.8 Å². The zero-order valence-corrected chi connectivity index (χ0v) is 10.7. The number of hydrogen-bond donors (Lipinski definition) is 1. The van der Waals surface area contributed by atoms with Crippen LogP contribution in [0.4, 0.5) is 0 Å². The van der Waals surface area contributed by atoms with Crippen LogP contribution in [-0.2, 0) is 6.42 Å². The predicted octanol–water partition coefficient (Wildman–Crippen LogP) is 2.27. The van der Waals surface area contributed by atoms with Crippen LogP contribution in [0.1, 0.15) is 26.3 Å². The molecule has 16 heavy (non-hydrogen) atoms. The number of hydrogen-bond acceptors (Lipinski definition) is 3. The van der Waals surface area contributed by atoms with Crippen LogP contribution >= 0.6 is 0 Å². The fraction of sp³-hybridized carbons (Fsp3) is 0.615. The molecule has 0 bridgehead atoms. The van der Waals surface area contributed by atoms with Gasteiger partial charge in [0.25, 0.3) is 0 Å². The third-order valence-corrected chi connectivity index (χ3v) is 2.74. The van der Waals surface area contributed by atoms with Crippen LogP contribution in [0.15, 0.2) is 18.3 Å². The molecule has 0 aromatic carbocycles. The Bertz CT molecular complexity index is 313. The van der Waals surface area contributed by atoms with E-state index in [2.05, 4.69) is 37.1 Å². The maximum atomic E-state index is 5.13. The first-order valence-electron chi connectivity index (χ1n) is 5.89. The van der Waals surface area contributed by atoms with Gasteiger partial charge in [-0.25, -0.2) is 4.98 Å². The summed E-state index contributed by atoms with van der Waals surface area (Å²) in [6, 6.07) is 4.57. The van der Waals surface area contributed by atoms with E-state index < -0.39 is 0 Å². The fourth-order valence-corrected chi connectivity index (χ4v) is 1.75. The van der Waals surface area contributed by atoms with E-state index in [0.717, 1.165) is 13.0 Å². The van der Waals surface area contributed by atoms with Crippen molar-refractivity contribution in [2.24, 2.45) is 5.92 Å². The van der Waals surface area contributed by atoms with Crippen molar-refractivity contribution in [3.8, 4) is 5.88 Å². The molecule has 0 saturated heterocycles. The van der Waals surface area contributed by atoms with Crippen LogP contribution in [0.25, 0.3) is 0 Å². The van der Waals surface area contributed by atoms with Crippen molar-refractivity contribution in [1.29, 1.82) is 0 Å². The summed E-state index contributed by atoms with van der Waals surface area (Å²) in [5.41, 5.74) is 1.27. The maximum Gasteiger partial charge on any atom is 0.213 e. The number of nitrogens with zero attached hydrogens (tertiary/aromatic N) is 1. The van der Waals surface area contributed by atoms with Gasteiger partial charge < -0.3 is 10.1 Å². The van der Waals surface area contributed by atoms with Crippen LogP contribution in [0, 0.1) is 5.92 Å². The van der Waals surface area contributed by atoms with Gasteiger partial charge in [0.15, 0.2) is 0 Å². The summed E-state index contributed by atoms with van der Waals surface area (Å²) < 4.78 is 5.13. The Hall–Kier alpha value is -1.09. The lowest BCUT2D eigenvalue weighted by Crippen LogP contribution is -2.35. The number of ether oxygens (including phenoxy) is 1. The van der Waals surface area contributed by atoms with Crippen molar-refractivity contribution < 1.29 is 4.74 Å². The Morgan fingerprint density at radius 1 is 1.44 bits per heavy atom. The molecule has 1 rings (SSSR count). The standard InChI is InChI=1S/C13H22N2O/c1-5-14-12(10(2)3)8-11-6-7-15-13(9-11)16-4/h6-7,9-10,12,14H,5,8H2,1-4H3.